The lowest BCUT2D eigenvalue weighted by Crippen LogP contribution is -2.05. The number of carbonyl (C=O) groups is 1. The summed E-state index contributed by atoms with van der Waals surface area (Å²) < 4.78 is 2.99. The van der Waals surface area contributed by atoms with Gasteiger partial charge in [0.15, 0.2) is 0 Å². The molecule has 1 heterocycles. The normalized spacial score (nSPS) is 16.5. The van der Waals surface area contributed by atoms with E-state index in [0.717, 1.165) is 15.5 Å². The number of aromatic nitrogens is 1. The molecule has 1 aliphatic rings. The van der Waals surface area contributed by atoms with Gasteiger partial charge in [0.25, 0.3) is 0 Å². The zero-order valence-electron chi connectivity index (χ0n) is 11.8. The Hall–Kier alpha value is -1.00. The first-order chi connectivity index (χ1) is 10.0. The minimum absolute atomic E-state index is 0.160. The van der Waals surface area contributed by atoms with E-state index in [1.54, 1.807) is 6.07 Å². The Kier molecular flexibility index (Phi) is 4.02. The maximum absolute atomic E-state index is 11.3. The maximum atomic E-state index is 11.3. The van der Waals surface area contributed by atoms with E-state index in [2.05, 4.69) is 15.9 Å². The summed E-state index contributed by atoms with van der Waals surface area (Å²) in [5.41, 5.74) is 2.25. The maximum Gasteiger partial charge on any atom is 0.337 e. The van der Waals surface area contributed by atoms with E-state index >= 15 is 0 Å². The van der Waals surface area contributed by atoms with Gasteiger partial charge in [-0.1, -0.05) is 36.9 Å². The molecule has 0 atom stereocenters. The molecule has 5 heteroatoms. The predicted molar refractivity (Wildman–Crippen MR) is 88.4 cm³/mol. The molecule has 1 saturated carbocycles. The monoisotopic (exact) mass is 369 g/mol. The molecule has 1 aromatic carbocycles. The quantitative estimate of drug-likeness (QED) is 0.775. The van der Waals surface area contributed by atoms with Crippen molar-refractivity contribution in [2.45, 2.75) is 38.0 Å². The number of hydrogen-bond donors (Lipinski definition) is 1. The second-order valence-electron chi connectivity index (χ2n) is 5.73. The predicted octanol–water partition coefficient (Wildman–Crippen LogP) is 5.34. The largest absolute Gasteiger partial charge is 0.478 e. The molecule has 21 heavy (non-hydrogen) atoms. The molecule has 1 fully saturated rings. The van der Waals surface area contributed by atoms with Crippen LogP contribution in [0.25, 0.3) is 10.9 Å². The van der Waals surface area contributed by atoms with Crippen LogP contribution in [0.5, 0.6) is 0 Å². The Morgan fingerprint density at radius 1 is 1.33 bits per heavy atom. The molecular weight excluding hydrogens is 354 g/mol. The SMILES string of the molecule is Cn1c(Br)c(C2CCCCC2)c2ccc(C(=O)O)c(Cl)c21. The highest BCUT2D eigenvalue weighted by atomic mass is 79.9. The number of aromatic carboxylic acids is 1. The summed E-state index contributed by atoms with van der Waals surface area (Å²) in [5.74, 6) is -0.456. The number of nitrogens with zero attached hydrogens (tertiary/aromatic N) is 1. The minimum Gasteiger partial charge on any atom is -0.478 e. The van der Waals surface area contributed by atoms with Crippen molar-refractivity contribution in [3.05, 3.63) is 32.9 Å². The first kappa shape index (κ1) is 14.9. The van der Waals surface area contributed by atoms with Gasteiger partial charge in [0.1, 0.15) is 0 Å². The van der Waals surface area contributed by atoms with Crippen LogP contribution in [0.2, 0.25) is 5.02 Å². The molecule has 1 aromatic heterocycles. The fraction of sp³-hybridized carbons (Fsp3) is 0.438. The molecule has 1 N–H and O–H groups in total. The first-order valence-corrected chi connectivity index (χ1v) is 8.39. The van der Waals surface area contributed by atoms with E-state index in [1.165, 1.54) is 37.7 Å². The molecule has 0 spiro atoms. The molecule has 2 aromatic rings. The molecule has 112 valence electrons. The average Bonchev–Trinajstić information content (AvgIpc) is 2.72. The van der Waals surface area contributed by atoms with Gasteiger partial charge in [-0.25, -0.2) is 4.79 Å². The van der Waals surface area contributed by atoms with E-state index < -0.39 is 5.97 Å². The van der Waals surface area contributed by atoms with Crippen LogP contribution in [0.1, 0.15) is 53.9 Å². The summed E-state index contributed by atoms with van der Waals surface area (Å²) in [4.78, 5) is 11.3. The van der Waals surface area contributed by atoms with Gasteiger partial charge < -0.3 is 9.67 Å². The zero-order chi connectivity index (χ0) is 15.1. The molecule has 1 aliphatic carbocycles. The van der Waals surface area contributed by atoms with Crippen LogP contribution >= 0.6 is 27.5 Å². The Bertz CT molecular complexity index is 717. The number of benzene rings is 1. The number of carboxylic acids is 1. The molecule has 0 bridgehead atoms. The summed E-state index contributed by atoms with van der Waals surface area (Å²) >= 11 is 10.0. The fourth-order valence-corrected chi connectivity index (χ4v) is 4.53. The summed E-state index contributed by atoms with van der Waals surface area (Å²) in [5, 5.41) is 10.6. The molecule has 3 nitrogen and oxygen atoms in total. The van der Waals surface area contributed by atoms with Crippen molar-refractivity contribution in [1.29, 1.82) is 0 Å². The lowest BCUT2D eigenvalue weighted by atomic mass is 9.84. The number of hydrogen-bond acceptors (Lipinski definition) is 1. The number of fused-ring (bicyclic) bond motifs is 1. The van der Waals surface area contributed by atoms with Crippen LogP contribution in [-0.4, -0.2) is 15.6 Å². The Morgan fingerprint density at radius 2 is 2.00 bits per heavy atom. The van der Waals surface area contributed by atoms with Crippen molar-refractivity contribution in [2.75, 3.05) is 0 Å². The fourth-order valence-electron chi connectivity index (χ4n) is 3.44. The highest BCUT2D eigenvalue weighted by Crippen LogP contribution is 2.44. The average molecular weight is 371 g/mol. The third kappa shape index (κ3) is 2.38. The van der Waals surface area contributed by atoms with Crippen LogP contribution < -0.4 is 0 Å². The molecular formula is C16H17BrClNO2. The molecule has 3 rings (SSSR count). The van der Waals surface area contributed by atoms with E-state index in [0.29, 0.717) is 10.9 Å². The number of rotatable bonds is 2. The lowest BCUT2D eigenvalue weighted by molar-refractivity contribution is 0.0697. The highest BCUT2D eigenvalue weighted by molar-refractivity contribution is 9.10. The minimum atomic E-state index is -0.988. The third-order valence-corrected chi connectivity index (χ3v) is 5.84. The van der Waals surface area contributed by atoms with Crippen LogP contribution in [0.4, 0.5) is 0 Å². The second-order valence-corrected chi connectivity index (χ2v) is 6.86. The second kappa shape index (κ2) is 5.65. The number of carboxylic acid groups (broad SMARTS) is 1. The van der Waals surface area contributed by atoms with E-state index in [1.807, 2.05) is 17.7 Å². The molecule has 0 aliphatic heterocycles. The van der Waals surface area contributed by atoms with Crippen LogP contribution in [-0.2, 0) is 7.05 Å². The number of aryl methyl sites for hydroxylation is 1. The molecule has 0 amide bonds. The van der Waals surface area contributed by atoms with Gasteiger partial charge in [-0.2, -0.15) is 0 Å². The highest BCUT2D eigenvalue weighted by Gasteiger charge is 2.26. The molecule has 0 saturated heterocycles. The lowest BCUT2D eigenvalue weighted by Gasteiger charge is -2.22. The van der Waals surface area contributed by atoms with Gasteiger partial charge in [-0.15, -0.1) is 0 Å². The van der Waals surface area contributed by atoms with Gasteiger partial charge in [0.2, 0.25) is 0 Å². The van der Waals surface area contributed by atoms with Crippen molar-refractivity contribution in [2.24, 2.45) is 7.05 Å². The first-order valence-electron chi connectivity index (χ1n) is 7.22. The van der Waals surface area contributed by atoms with Gasteiger partial charge in [0.05, 0.1) is 20.7 Å². The van der Waals surface area contributed by atoms with Crippen molar-refractivity contribution < 1.29 is 9.90 Å². The van der Waals surface area contributed by atoms with Crippen molar-refractivity contribution in [3.8, 4) is 0 Å². The van der Waals surface area contributed by atoms with Crippen molar-refractivity contribution in [1.82, 2.24) is 4.57 Å². The summed E-state index contributed by atoms with van der Waals surface area (Å²) in [6, 6.07) is 3.52. The summed E-state index contributed by atoms with van der Waals surface area (Å²) in [6.45, 7) is 0. The molecule has 0 radical (unpaired) electrons. The number of halogens is 2. The van der Waals surface area contributed by atoms with Gasteiger partial charge in [-0.05, 0) is 46.3 Å². The van der Waals surface area contributed by atoms with E-state index in [4.69, 9.17) is 11.6 Å². The van der Waals surface area contributed by atoms with E-state index in [-0.39, 0.29) is 5.56 Å². The van der Waals surface area contributed by atoms with Gasteiger partial charge in [0, 0.05) is 12.4 Å². The molecule has 0 unspecified atom stereocenters. The third-order valence-electron chi connectivity index (χ3n) is 4.50. The van der Waals surface area contributed by atoms with E-state index in [9.17, 15) is 9.90 Å². The van der Waals surface area contributed by atoms with Gasteiger partial charge >= 0.3 is 5.97 Å². The topological polar surface area (TPSA) is 42.2 Å². The van der Waals surface area contributed by atoms with Crippen molar-refractivity contribution >= 4 is 44.4 Å². The Labute approximate surface area is 137 Å². The van der Waals surface area contributed by atoms with Crippen LogP contribution in [0.15, 0.2) is 16.7 Å². The smallest absolute Gasteiger partial charge is 0.337 e. The van der Waals surface area contributed by atoms with Crippen LogP contribution in [0, 0.1) is 0 Å². The Morgan fingerprint density at radius 3 is 2.62 bits per heavy atom. The van der Waals surface area contributed by atoms with Crippen LogP contribution in [0.3, 0.4) is 0 Å². The standard InChI is InChI=1S/C16H17BrClNO2/c1-19-14-10(7-8-11(13(14)18)16(20)21)12(15(19)17)9-5-3-2-4-6-9/h7-9H,2-6H2,1H3,(H,20,21). The van der Waals surface area contributed by atoms with Gasteiger partial charge in [-0.3, -0.25) is 0 Å². The summed E-state index contributed by atoms with van der Waals surface area (Å²) in [6.07, 6.45) is 6.21. The Balaban J connectivity index is 2.24. The zero-order valence-corrected chi connectivity index (χ0v) is 14.2. The van der Waals surface area contributed by atoms with Crippen molar-refractivity contribution in [3.63, 3.8) is 0 Å². The summed E-state index contributed by atoms with van der Waals surface area (Å²) in [7, 11) is 1.93.